The molecule has 4 N–H and O–H groups in total. The Hall–Kier alpha value is -2.22. The van der Waals surface area contributed by atoms with Gasteiger partial charge in [0.15, 0.2) is 11.2 Å². The van der Waals surface area contributed by atoms with Crippen LogP contribution in [0.5, 0.6) is 5.75 Å². The number of carboxylic acids is 1. The number of hydrogen-bond acceptors (Lipinski definition) is 6. The molecule has 4 atom stereocenters. The number of rotatable bonds is 8. The molecule has 1 aromatic carbocycles. The monoisotopic (exact) mass is 350 g/mol. The molecule has 1 saturated carbocycles. The molecule has 1 aliphatic carbocycles. The molecule has 7 heteroatoms. The fourth-order valence-electron chi connectivity index (χ4n) is 2.99. The van der Waals surface area contributed by atoms with Crippen LogP contribution in [-0.4, -0.2) is 57.6 Å². The first-order valence-corrected chi connectivity index (χ1v) is 8.01. The number of hydrogen-bond donors (Lipinski definition) is 4. The lowest BCUT2D eigenvalue weighted by molar-refractivity contribution is -0.158. The smallest absolute Gasteiger partial charge is 0.320 e. The van der Waals surface area contributed by atoms with E-state index in [1.165, 1.54) is 12.2 Å². The maximum Gasteiger partial charge on any atom is 0.320 e. The fourth-order valence-corrected chi connectivity index (χ4v) is 2.99. The number of benzene rings is 1. The van der Waals surface area contributed by atoms with Gasteiger partial charge in [-0.3, -0.25) is 9.59 Å². The Morgan fingerprint density at radius 2 is 2.04 bits per heavy atom. The first-order chi connectivity index (χ1) is 11.9. The zero-order valence-corrected chi connectivity index (χ0v) is 13.6. The van der Waals surface area contributed by atoms with Gasteiger partial charge in [0.05, 0.1) is 25.4 Å². The van der Waals surface area contributed by atoms with Crippen LogP contribution in [0.1, 0.15) is 12.8 Å². The number of ether oxygens (including phenoxy) is 1. The van der Waals surface area contributed by atoms with Gasteiger partial charge in [0.1, 0.15) is 5.75 Å². The van der Waals surface area contributed by atoms with Crippen molar-refractivity contribution in [1.82, 2.24) is 0 Å². The van der Waals surface area contributed by atoms with Crippen molar-refractivity contribution in [1.29, 1.82) is 0 Å². The van der Waals surface area contributed by atoms with Gasteiger partial charge in [-0.25, -0.2) is 0 Å². The highest BCUT2D eigenvalue weighted by molar-refractivity contribution is 6.06. The second-order valence-electron chi connectivity index (χ2n) is 6.06. The van der Waals surface area contributed by atoms with Gasteiger partial charge in [-0.15, -0.1) is 0 Å². The second-order valence-corrected chi connectivity index (χ2v) is 6.06. The minimum absolute atomic E-state index is 0.242. The normalized spacial score (nSPS) is 27.6. The van der Waals surface area contributed by atoms with Crippen LogP contribution in [0.15, 0.2) is 42.5 Å². The topological polar surface area (TPSA) is 124 Å². The van der Waals surface area contributed by atoms with Crippen LogP contribution in [0.4, 0.5) is 0 Å². The molecule has 7 nitrogen and oxygen atoms in total. The van der Waals surface area contributed by atoms with E-state index in [4.69, 9.17) is 4.74 Å². The van der Waals surface area contributed by atoms with Gasteiger partial charge in [0.2, 0.25) is 0 Å². The van der Waals surface area contributed by atoms with Crippen LogP contribution in [0, 0.1) is 11.3 Å². The molecule has 1 aromatic rings. The summed E-state index contributed by atoms with van der Waals surface area (Å²) >= 11 is 0. The van der Waals surface area contributed by atoms with Crippen molar-refractivity contribution in [3.05, 3.63) is 42.5 Å². The molecule has 1 unspecified atom stereocenters. The van der Waals surface area contributed by atoms with E-state index in [0.29, 0.717) is 5.75 Å². The van der Waals surface area contributed by atoms with Crippen LogP contribution < -0.4 is 4.74 Å². The maximum atomic E-state index is 11.9. The first kappa shape index (κ1) is 19.1. The van der Waals surface area contributed by atoms with E-state index in [1.54, 1.807) is 12.1 Å². The van der Waals surface area contributed by atoms with Gasteiger partial charge in [-0.2, -0.15) is 0 Å². The van der Waals surface area contributed by atoms with Crippen molar-refractivity contribution in [2.75, 3.05) is 13.2 Å². The highest BCUT2D eigenvalue weighted by Crippen LogP contribution is 2.41. The van der Waals surface area contributed by atoms with Crippen LogP contribution in [0.2, 0.25) is 0 Å². The molecule has 25 heavy (non-hydrogen) atoms. The molecular formula is C18H22O7. The molecular weight excluding hydrogens is 328 g/mol. The minimum Gasteiger partial charge on any atom is -0.493 e. The molecule has 0 aromatic heterocycles. The van der Waals surface area contributed by atoms with Gasteiger partial charge < -0.3 is 25.2 Å². The lowest BCUT2D eigenvalue weighted by Gasteiger charge is -2.26. The molecule has 0 bridgehead atoms. The van der Waals surface area contributed by atoms with Crippen molar-refractivity contribution in [3.8, 4) is 5.75 Å². The highest BCUT2D eigenvalue weighted by atomic mass is 16.5. The van der Waals surface area contributed by atoms with Gasteiger partial charge in [-0.05, 0) is 12.1 Å². The number of ketones is 1. The van der Waals surface area contributed by atoms with Crippen molar-refractivity contribution < 1.29 is 34.8 Å². The van der Waals surface area contributed by atoms with E-state index in [1.807, 2.05) is 18.2 Å². The molecule has 136 valence electrons. The van der Waals surface area contributed by atoms with E-state index in [2.05, 4.69) is 0 Å². The van der Waals surface area contributed by atoms with E-state index >= 15 is 0 Å². The third-order valence-corrected chi connectivity index (χ3v) is 4.47. The molecule has 0 amide bonds. The van der Waals surface area contributed by atoms with Gasteiger partial charge in [-0.1, -0.05) is 30.4 Å². The maximum absolute atomic E-state index is 11.9. The number of carbonyl (C=O) groups excluding carboxylic acids is 1. The SMILES string of the molecule is O=C(O)C1(CO)C(=O)C[C@@H](O)[C@@H]1/C=C/[C@@H](O)CCOc1ccccc1. The first-order valence-electron chi connectivity index (χ1n) is 8.01. The molecule has 1 fully saturated rings. The number of para-hydroxylation sites is 1. The molecule has 0 radical (unpaired) electrons. The molecule has 2 rings (SSSR count). The third-order valence-electron chi connectivity index (χ3n) is 4.47. The van der Waals surface area contributed by atoms with Crippen LogP contribution in [0.3, 0.4) is 0 Å². The van der Waals surface area contributed by atoms with Gasteiger partial charge in [0.25, 0.3) is 0 Å². The summed E-state index contributed by atoms with van der Waals surface area (Å²) in [5.41, 5.74) is -2.06. The fraction of sp³-hybridized carbons (Fsp3) is 0.444. The lowest BCUT2D eigenvalue weighted by Crippen LogP contribution is -2.45. The largest absolute Gasteiger partial charge is 0.493 e. The Morgan fingerprint density at radius 3 is 2.64 bits per heavy atom. The number of Topliss-reactive ketones (excluding diaryl/α,β-unsaturated/α-hetero) is 1. The summed E-state index contributed by atoms with van der Waals surface area (Å²) in [6.45, 7) is -0.661. The van der Waals surface area contributed by atoms with Crippen LogP contribution in [-0.2, 0) is 9.59 Å². The Morgan fingerprint density at radius 1 is 1.36 bits per heavy atom. The third kappa shape index (κ3) is 4.07. The average molecular weight is 350 g/mol. The quantitative estimate of drug-likeness (QED) is 0.395. The van der Waals surface area contributed by atoms with Crippen molar-refractivity contribution >= 4 is 11.8 Å². The zero-order chi connectivity index (χ0) is 18.4. The van der Waals surface area contributed by atoms with Crippen molar-refractivity contribution in [3.63, 3.8) is 0 Å². The van der Waals surface area contributed by atoms with E-state index in [9.17, 15) is 30.0 Å². The summed E-state index contributed by atoms with van der Waals surface area (Å²) in [6.07, 6.45) is 0.397. The Balaban J connectivity index is 1.96. The predicted molar refractivity (Wildman–Crippen MR) is 88.0 cm³/mol. The highest BCUT2D eigenvalue weighted by Gasteiger charge is 2.58. The number of aliphatic carboxylic acids is 1. The van der Waals surface area contributed by atoms with Crippen molar-refractivity contribution in [2.24, 2.45) is 11.3 Å². The molecule has 0 saturated heterocycles. The zero-order valence-electron chi connectivity index (χ0n) is 13.6. The van der Waals surface area contributed by atoms with Crippen LogP contribution >= 0.6 is 0 Å². The average Bonchev–Trinajstić information content (AvgIpc) is 2.84. The summed E-state index contributed by atoms with van der Waals surface area (Å²) in [4.78, 5) is 23.4. The van der Waals surface area contributed by atoms with Crippen molar-refractivity contribution in [2.45, 2.75) is 25.0 Å². The molecule has 0 spiro atoms. The molecule has 0 heterocycles. The Labute approximate surface area is 145 Å². The van der Waals surface area contributed by atoms with E-state index in [0.717, 1.165) is 0 Å². The number of aliphatic hydroxyl groups excluding tert-OH is 3. The minimum atomic E-state index is -2.06. The van der Waals surface area contributed by atoms with Gasteiger partial charge >= 0.3 is 5.97 Å². The summed E-state index contributed by atoms with van der Waals surface area (Å²) < 4.78 is 5.46. The summed E-state index contributed by atoms with van der Waals surface area (Å²) in [5.74, 6) is -2.62. The summed E-state index contributed by atoms with van der Waals surface area (Å²) in [6, 6.07) is 9.07. The number of carbonyl (C=O) groups is 2. The Kier molecular flexibility index (Phi) is 6.30. The second kappa shape index (κ2) is 8.24. The van der Waals surface area contributed by atoms with E-state index in [-0.39, 0.29) is 19.4 Å². The lowest BCUT2D eigenvalue weighted by atomic mass is 9.77. The van der Waals surface area contributed by atoms with Gasteiger partial charge in [0, 0.05) is 18.8 Å². The van der Waals surface area contributed by atoms with Crippen LogP contribution in [0.25, 0.3) is 0 Å². The number of carboxylic acid groups (broad SMARTS) is 1. The Bertz CT molecular complexity index is 628. The number of aliphatic hydroxyl groups is 3. The predicted octanol–water partition coefficient (Wildman–Crippen LogP) is 0.386. The molecule has 0 aliphatic heterocycles. The summed E-state index contributed by atoms with van der Waals surface area (Å²) in [5, 5.41) is 38.7. The van der Waals surface area contributed by atoms with E-state index < -0.39 is 41.9 Å². The summed E-state index contributed by atoms with van der Waals surface area (Å²) in [7, 11) is 0. The molecule has 1 aliphatic rings. The standard InChI is InChI=1S/C18H22O7/c19-11-18(17(23)24)14(15(21)10-16(18)22)7-6-12(20)8-9-25-13-4-2-1-3-5-13/h1-7,12,14-15,19-21H,8-11H2,(H,23,24)/b7-6+/t12-,14+,15-,18?/m1/s1.